The molecule has 2 rings (SSSR count). The van der Waals surface area contributed by atoms with Crippen molar-refractivity contribution in [2.75, 3.05) is 0 Å². The van der Waals surface area contributed by atoms with Crippen molar-refractivity contribution in [3.8, 4) is 0 Å². The monoisotopic (exact) mass is 265 g/mol. The first-order valence-corrected chi connectivity index (χ1v) is 6.38. The van der Waals surface area contributed by atoms with Gasteiger partial charge >= 0.3 is 5.97 Å². The van der Waals surface area contributed by atoms with Crippen LogP contribution in [-0.4, -0.2) is 10.7 Å². The predicted molar refractivity (Wildman–Crippen MR) is 69.6 cm³/mol. The van der Waals surface area contributed by atoms with E-state index in [1.54, 1.807) is 0 Å². The molecule has 0 unspecified atom stereocenters. The fraction of sp³-hybridized carbons (Fsp3) is 0.167. The molecule has 0 aliphatic heterocycles. The van der Waals surface area contributed by atoms with Crippen molar-refractivity contribution in [1.82, 2.24) is 4.73 Å². The Hall–Kier alpha value is -1.46. The van der Waals surface area contributed by atoms with E-state index in [2.05, 4.69) is 0 Å². The lowest BCUT2D eigenvalue weighted by Crippen LogP contribution is -2.22. The van der Waals surface area contributed by atoms with Crippen LogP contribution in [0.5, 0.6) is 0 Å². The molecule has 5 heteroatoms. The van der Waals surface area contributed by atoms with Crippen LogP contribution in [0.2, 0.25) is 0 Å². The predicted octanol–water partition coefficient (Wildman–Crippen LogP) is 2.79. The Bertz CT molecular complexity index is 572. The number of carbonyl (C=O) groups excluding carboxylic acids is 1. The van der Waals surface area contributed by atoms with Crippen LogP contribution >= 0.6 is 23.6 Å². The van der Waals surface area contributed by atoms with E-state index in [-0.39, 0.29) is 12.4 Å². The van der Waals surface area contributed by atoms with Gasteiger partial charge in [0.1, 0.15) is 0 Å². The Kier molecular flexibility index (Phi) is 3.71. The number of nitrogens with zero attached hydrogens (tertiary/aromatic N) is 1. The Morgan fingerprint density at radius 1 is 1.41 bits per heavy atom. The molecular weight excluding hydrogens is 254 g/mol. The van der Waals surface area contributed by atoms with Crippen LogP contribution in [0.1, 0.15) is 11.3 Å². The molecule has 0 aliphatic carbocycles. The summed E-state index contributed by atoms with van der Waals surface area (Å²) in [6.45, 7) is 1.85. The molecule has 0 N–H and O–H groups in total. The third kappa shape index (κ3) is 3.01. The van der Waals surface area contributed by atoms with E-state index in [4.69, 9.17) is 17.1 Å². The number of aryl methyl sites for hydroxylation is 1. The highest BCUT2D eigenvalue weighted by atomic mass is 32.1. The quantitative estimate of drug-likeness (QED) is 0.800. The van der Waals surface area contributed by atoms with Crippen LogP contribution in [0.25, 0.3) is 0 Å². The lowest BCUT2D eigenvalue weighted by molar-refractivity contribution is -0.143. The van der Waals surface area contributed by atoms with Crippen LogP contribution in [0.3, 0.4) is 0 Å². The van der Waals surface area contributed by atoms with Crippen molar-refractivity contribution in [2.24, 2.45) is 0 Å². The van der Waals surface area contributed by atoms with Crippen molar-refractivity contribution in [2.45, 2.75) is 13.3 Å². The second kappa shape index (κ2) is 5.25. The van der Waals surface area contributed by atoms with Gasteiger partial charge in [0.2, 0.25) is 0 Å². The first-order valence-electron chi connectivity index (χ1n) is 5.09. The summed E-state index contributed by atoms with van der Waals surface area (Å²) in [5.74, 6) is -0.311. The van der Waals surface area contributed by atoms with Gasteiger partial charge in [0.05, 0.1) is 12.1 Å². The highest BCUT2D eigenvalue weighted by Crippen LogP contribution is 2.08. The first kappa shape index (κ1) is 12.0. The Morgan fingerprint density at radius 3 is 2.71 bits per heavy atom. The van der Waals surface area contributed by atoms with Crippen LogP contribution in [0, 0.1) is 10.9 Å². The summed E-state index contributed by atoms with van der Waals surface area (Å²) in [6, 6.07) is 9.48. The van der Waals surface area contributed by atoms with Gasteiger partial charge in [-0.05, 0) is 24.7 Å². The average Bonchev–Trinajstić information content (AvgIpc) is 2.62. The van der Waals surface area contributed by atoms with Gasteiger partial charge in [-0.15, -0.1) is 11.3 Å². The number of benzene rings is 1. The summed E-state index contributed by atoms with van der Waals surface area (Å²) in [6.07, 6.45) is 0.248. The van der Waals surface area contributed by atoms with Gasteiger partial charge in [-0.3, -0.25) is 0 Å². The number of thiazole rings is 1. The molecule has 1 aromatic carbocycles. The van der Waals surface area contributed by atoms with Crippen molar-refractivity contribution in [3.05, 3.63) is 50.9 Å². The summed E-state index contributed by atoms with van der Waals surface area (Å²) >= 11 is 6.44. The van der Waals surface area contributed by atoms with Gasteiger partial charge < -0.3 is 4.84 Å². The van der Waals surface area contributed by atoms with Crippen molar-refractivity contribution in [1.29, 1.82) is 0 Å². The molecule has 0 spiro atoms. The standard InChI is InChI=1S/C12H11NO2S2/c1-9-8-17-12(16)13(9)15-11(14)7-10-5-3-2-4-6-10/h2-6,8H,7H2,1H3. The molecule has 0 atom stereocenters. The SMILES string of the molecule is Cc1csc(=S)n1OC(=O)Cc1ccccc1. The Morgan fingerprint density at radius 2 is 2.12 bits per heavy atom. The van der Waals surface area contributed by atoms with Gasteiger partial charge in [0.15, 0.2) is 3.95 Å². The summed E-state index contributed by atoms with van der Waals surface area (Å²) in [5, 5.41) is 1.86. The maximum absolute atomic E-state index is 11.7. The number of aromatic nitrogens is 1. The molecule has 0 radical (unpaired) electrons. The van der Waals surface area contributed by atoms with Crippen molar-refractivity contribution >= 4 is 29.5 Å². The molecule has 1 heterocycles. The van der Waals surface area contributed by atoms with Gasteiger partial charge in [-0.25, -0.2) is 4.79 Å². The molecule has 2 aromatic rings. The van der Waals surface area contributed by atoms with Crippen LogP contribution in [0.15, 0.2) is 35.7 Å². The largest absolute Gasteiger partial charge is 0.337 e. The van der Waals surface area contributed by atoms with Gasteiger partial charge in [0.25, 0.3) is 0 Å². The summed E-state index contributed by atoms with van der Waals surface area (Å²) in [4.78, 5) is 16.9. The molecule has 0 amide bonds. The minimum Gasteiger partial charge on any atom is -0.334 e. The molecule has 0 bridgehead atoms. The maximum Gasteiger partial charge on any atom is 0.337 e. The number of carbonyl (C=O) groups is 1. The molecule has 0 saturated carbocycles. The fourth-order valence-electron chi connectivity index (χ4n) is 1.38. The minimum atomic E-state index is -0.311. The molecular formula is C12H11NO2S2. The van der Waals surface area contributed by atoms with E-state index in [0.29, 0.717) is 3.95 Å². The highest BCUT2D eigenvalue weighted by Gasteiger charge is 2.08. The van der Waals surface area contributed by atoms with E-state index < -0.39 is 0 Å². The van der Waals surface area contributed by atoms with Crippen molar-refractivity contribution in [3.63, 3.8) is 0 Å². The third-order valence-electron chi connectivity index (χ3n) is 2.20. The lowest BCUT2D eigenvalue weighted by Gasteiger charge is -2.05. The number of hydrogen-bond donors (Lipinski definition) is 0. The van der Waals surface area contributed by atoms with E-state index in [0.717, 1.165) is 11.3 Å². The smallest absolute Gasteiger partial charge is 0.334 e. The normalized spacial score (nSPS) is 10.2. The number of rotatable bonds is 3. The highest BCUT2D eigenvalue weighted by molar-refractivity contribution is 7.73. The first-order chi connectivity index (χ1) is 8.16. The maximum atomic E-state index is 11.7. The zero-order valence-corrected chi connectivity index (χ0v) is 10.9. The topological polar surface area (TPSA) is 31.2 Å². The van der Waals surface area contributed by atoms with Crippen LogP contribution in [-0.2, 0) is 11.2 Å². The van der Waals surface area contributed by atoms with E-state index >= 15 is 0 Å². The summed E-state index contributed by atoms with van der Waals surface area (Å²) in [7, 11) is 0. The van der Waals surface area contributed by atoms with E-state index in [9.17, 15) is 4.79 Å². The second-order valence-electron chi connectivity index (χ2n) is 3.56. The third-order valence-corrected chi connectivity index (χ3v) is 3.48. The molecule has 0 saturated heterocycles. The fourth-order valence-corrected chi connectivity index (χ4v) is 2.35. The van der Waals surface area contributed by atoms with Gasteiger partial charge in [-0.2, -0.15) is 4.73 Å². The lowest BCUT2D eigenvalue weighted by atomic mass is 10.2. The molecule has 88 valence electrons. The zero-order chi connectivity index (χ0) is 12.3. The van der Waals surface area contributed by atoms with Crippen LogP contribution in [0.4, 0.5) is 0 Å². The Balaban J connectivity index is 2.06. The van der Waals surface area contributed by atoms with E-state index in [1.807, 2.05) is 42.6 Å². The van der Waals surface area contributed by atoms with Crippen LogP contribution < -0.4 is 4.84 Å². The number of hydrogen-bond acceptors (Lipinski definition) is 4. The second-order valence-corrected chi connectivity index (χ2v) is 5.07. The van der Waals surface area contributed by atoms with Gasteiger partial charge in [-0.1, -0.05) is 30.3 Å². The molecule has 3 nitrogen and oxygen atoms in total. The molecule has 1 aromatic heterocycles. The van der Waals surface area contributed by atoms with E-state index in [1.165, 1.54) is 16.1 Å². The van der Waals surface area contributed by atoms with Gasteiger partial charge in [0, 0.05) is 5.38 Å². The minimum absolute atomic E-state index is 0.248. The summed E-state index contributed by atoms with van der Waals surface area (Å²) in [5.41, 5.74) is 1.76. The average molecular weight is 265 g/mol. The summed E-state index contributed by atoms with van der Waals surface area (Å²) < 4.78 is 1.94. The Labute approximate surface area is 108 Å². The molecule has 17 heavy (non-hydrogen) atoms. The zero-order valence-electron chi connectivity index (χ0n) is 9.25. The molecule has 0 fully saturated rings. The van der Waals surface area contributed by atoms with Crippen molar-refractivity contribution < 1.29 is 9.63 Å². The molecule has 0 aliphatic rings.